The van der Waals surface area contributed by atoms with Crippen LogP contribution in [0.1, 0.15) is 22.5 Å². The zero-order valence-electron chi connectivity index (χ0n) is 17.0. The number of carboxylic acid groups (broad SMARTS) is 1. The van der Waals surface area contributed by atoms with E-state index in [1.807, 2.05) is 0 Å². The average molecular weight is 473 g/mol. The Morgan fingerprint density at radius 1 is 1.18 bits per heavy atom. The van der Waals surface area contributed by atoms with Gasteiger partial charge in [0.1, 0.15) is 18.0 Å². The molecule has 1 aliphatic heterocycles. The molecule has 0 bridgehead atoms. The van der Waals surface area contributed by atoms with Gasteiger partial charge < -0.3 is 36.4 Å². The molecule has 11 nitrogen and oxygen atoms in total. The summed E-state index contributed by atoms with van der Waals surface area (Å²) in [6, 6.07) is 5.18. The molecule has 3 atom stereocenters. The van der Waals surface area contributed by atoms with E-state index in [1.54, 1.807) is 0 Å². The standard InChI is InChI=1S/C14H18N2O6.C5H4F3N3/c17-10-5-6-22-11(12(10)18)7-15-14(21)16-9-3-1-8(2-4-9)13(19)20;6-5(7,8)3-1-10-2-4(9)11-3/h1-4,10-12,17-18H,5-7H2,(H,19,20)(H2,15,16,21);1-2H,(H2,9,11). The number of alkyl halides is 3. The lowest BCUT2D eigenvalue weighted by Crippen LogP contribution is -2.50. The first kappa shape index (κ1) is 25.8. The monoisotopic (exact) mass is 473 g/mol. The fourth-order valence-corrected chi connectivity index (χ4v) is 2.62. The van der Waals surface area contributed by atoms with Crippen molar-refractivity contribution < 1.29 is 42.8 Å². The molecule has 3 unspecified atom stereocenters. The lowest BCUT2D eigenvalue weighted by atomic mass is 10.0. The molecule has 0 saturated carbocycles. The Balaban J connectivity index is 0.000000294. The highest BCUT2D eigenvalue weighted by atomic mass is 19.4. The Kier molecular flexibility index (Phi) is 8.90. The third-order valence-corrected chi connectivity index (χ3v) is 4.32. The molecule has 14 heteroatoms. The number of halogens is 3. The van der Waals surface area contributed by atoms with E-state index in [2.05, 4.69) is 20.6 Å². The van der Waals surface area contributed by atoms with Gasteiger partial charge in [-0.3, -0.25) is 4.98 Å². The first-order valence-corrected chi connectivity index (χ1v) is 9.48. The molecular formula is C19H22F3N5O6. The van der Waals surface area contributed by atoms with E-state index in [0.29, 0.717) is 24.9 Å². The summed E-state index contributed by atoms with van der Waals surface area (Å²) in [4.78, 5) is 28.7. The van der Waals surface area contributed by atoms with Gasteiger partial charge in [-0.15, -0.1) is 0 Å². The number of nitrogens with two attached hydrogens (primary N) is 1. The van der Waals surface area contributed by atoms with Crippen molar-refractivity contribution in [2.24, 2.45) is 0 Å². The molecule has 1 aromatic carbocycles. The van der Waals surface area contributed by atoms with Gasteiger partial charge in [0.25, 0.3) is 0 Å². The summed E-state index contributed by atoms with van der Waals surface area (Å²) in [7, 11) is 0. The van der Waals surface area contributed by atoms with E-state index in [9.17, 15) is 33.0 Å². The quantitative estimate of drug-likeness (QED) is 0.379. The van der Waals surface area contributed by atoms with Crippen LogP contribution in [0.5, 0.6) is 0 Å². The van der Waals surface area contributed by atoms with E-state index in [4.69, 9.17) is 15.6 Å². The molecule has 33 heavy (non-hydrogen) atoms. The summed E-state index contributed by atoms with van der Waals surface area (Å²) in [5.41, 5.74) is 4.47. The van der Waals surface area contributed by atoms with Gasteiger partial charge in [-0.05, 0) is 30.7 Å². The normalized spacial score (nSPS) is 20.2. The minimum absolute atomic E-state index is 0.0528. The number of carboxylic acids is 1. The van der Waals surface area contributed by atoms with Crippen LogP contribution in [0, 0.1) is 0 Å². The zero-order chi connectivity index (χ0) is 24.6. The molecule has 1 aliphatic rings. The number of carbonyl (C=O) groups is 2. The van der Waals surface area contributed by atoms with Crippen LogP contribution in [0.25, 0.3) is 0 Å². The van der Waals surface area contributed by atoms with Crippen molar-refractivity contribution in [1.29, 1.82) is 0 Å². The van der Waals surface area contributed by atoms with Crippen molar-refractivity contribution in [1.82, 2.24) is 15.3 Å². The second-order valence-corrected chi connectivity index (χ2v) is 6.80. The first-order chi connectivity index (χ1) is 15.5. The SMILES string of the molecule is Nc1cncc(C(F)(F)F)n1.O=C(NCC1OCCC(O)C1O)Nc1ccc(C(=O)O)cc1. The summed E-state index contributed by atoms with van der Waals surface area (Å²) >= 11 is 0. The summed E-state index contributed by atoms with van der Waals surface area (Å²) < 4.78 is 40.7. The third-order valence-electron chi connectivity index (χ3n) is 4.32. The van der Waals surface area contributed by atoms with Crippen molar-refractivity contribution >= 4 is 23.5 Å². The Morgan fingerprint density at radius 2 is 1.85 bits per heavy atom. The van der Waals surface area contributed by atoms with E-state index in [1.165, 1.54) is 24.3 Å². The van der Waals surface area contributed by atoms with Gasteiger partial charge in [-0.25, -0.2) is 14.6 Å². The Bertz CT molecular complexity index is 944. The first-order valence-electron chi connectivity index (χ1n) is 9.48. The number of nitrogens with zero attached hydrogens (tertiary/aromatic N) is 2. The maximum absolute atomic E-state index is 11.8. The topological polar surface area (TPSA) is 180 Å². The number of carbonyl (C=O) groups excluding carboxylic acids is 1. The van der Waals surface area contributed by atoms with Crippen LogP contribution < -0.4 is 16.4 Å². The van der Waals surface area contributed by atoms with Crippen LogP contribution in [0.4, 0.5) is 29.5 Å². The summed E-state index contributed by atoms with van der Waals surface area (Å²) in [6.45, 7) is 0.375. The highest BCUT2D eigenvalue weighted by Gasteiger charge is 2.33. The van der Waals surface area contributed by atoms with Crippen molar-refractivity contribution in [3.8, 4) is 0 Å². The fourth-order valence-electron chi connectivity index (χ4n) is 2.62. The number of aromatic nitrogens is 2. The van der Waals surface area contributed by atoms with Crippen LogP contribution in [-0.2, 0) is 10.9 Å². The Hall–Kier alpha value is -3.49. The van der Waals surface area contributed by atoms with Crippen LogP contribution in [-0.4, -0.2) is 68.8 Å². The maximum atomic E-state index is 11.8. The van der Waals surface area contributed by atoms with Crippen molar-refractivity contribution in [2.75, 3.05) is 24.2 Å². The number of amides is 2. The van der Waals surface area contributed by atoms with Gasteiger partial charge in [0.2, 0.25) is 0 Å². The number of aliphatic hydroxyl groups excluding tert-OH is 2. The predicted molar refractivity (Wildman–Crippen MR) is 108 cm³/mol. The van der Waals surface area contributed by atoms with Crippen LogP contribution in [0.15, 0.2) is 36.7 Å². The molecule has 0 aliphatic carbocycles. The van der Waals surface area contributed by atoms with Gasteiger partial charge in [0, 0.05) is 18.8 Å². The lowest BCUT2D eigenvalue weighted by Gasteiger charge is -2.32. The molecule has 180 valence electrons. The third kappa shape index (κ3) is 8.17. The number of benzene rings is 1. The second-order valence-electron chi connectivity index (χ2n) is 6.80. The number of anilines is 2. The highest BCUT2D eigenvalue weighted by Crippen LogP contribution is 2.26. The number of hydrogen-bond acceptors (Lipinski definition) is 8. The maximum Gasteiger partial charge on any atom is 0.434 e. The number of aliphatic hydroxyl groups is 2. The number of rotatable bonds is 4. The largest absolute Gasteiger partial charge is 0.478 e. The van der Waals surface area contributed by atoms with Gasteiger partial charge in [-0.1, -0.05) is 0 Å². The number of ether oxygens (including phenoxy) is 1. The molecule has 3 rings (SSSR count). The molecule has 2 amide bonds. The smallest absolute Gasteiger partial charge is 0.434 e. The highest BCUT2D eigenvalue weighted by molar-refractivity contribution is 5.91. The van der Waals surface area contributed by atoms with Gasteiger partial charge >= 0.3 is 18.2 Å². The van der Waals surface area contributed by atoms with Gasteiger partial charge in [0.05, 0.1) is 24.1 Å². The summed E-state index contributed by atoms with van der Waals surface area (Å²) in [6.07, 6.45) is -4.99. The van der Waals surface area contributed by atoms with E-state index < -0.39 is 42.2 Å². The van der Waals surface area contributed by atoms with E-state index in [0.717, 1.165) is 6.20 Å². The van der Waals surface area contributed by atoms with Gasteiger partial charge in [-0.2, -0.15) is 13.2 Å². The Morgan fingerprint density at radius 3 is 2.39 bits per heavy atom. The summed E-state index contributed by atoms with van der Waals surface area (Å²) in [5, 5.41) is 33.1. The van der Waals surface area contributed by atoms with Crippen molar-refractivity contribution in [2.45, 2.75) is 30.9 Å². The number of nitrogen functional groups attached to an aromatic ring is 1. The average Bonchev–Trinajstić information content (AvgIpc) is 2.75. The fraction of sp³-hybridized carbons (Fsp3) is 0.368. The Labute approximate surface area is 185 Å². The molecule has 2 aromatic rings. The van der Waals surface area contributed by atoms with Crippen molar-refractivity contribution in [3.05, 3.63) is 47.9 Å². The minimum atomic E-state index is -4.47. The number of urea groups is 1. The molecule has 1 fully saturated rings. The van der Waals surface area contributed by atoms with Gasteiger partial charge in [0.15, 0.2) is 5.69 Å². The zero-order valence-corrected chi connectivity index (χ0v) is 17.0. The van der Waals surface area contributed by atoms with E-state index >= 15 is 0 Å². The van der Waals surface area contributed by atoms with Crippen LogP contribution in [0.2, 0.25) is 0 Å². The lowest BCUT2D eigenvalue weighted by molar-refractivity contribution is -0.141. The van der Waals surface area contributed by atoms with Crippen LogP contribution >= 0.6 is 0 Å². The molecule has 2 heterocycles. The molecule has 0 radical (unpaired) electrons. The second kappa shape index (κ2) is 11.4. The van der Waals surface area contributed by atoms with Crippen molar-refractivity contribution in [3.63, 3.8) is 0 Å². The number of aromatic carboxylic acids is 1. The van der Waals surface area contributed by atoms with Crippen LogP contribution in [0.3, 0.4) is 0 Å². The summed E-state index contributed by atoms with van der Waals surface area (Å²) in [5.74, 6) is -1.28. The van der Waals surface area contributed by atoms with E-state index in [-0.39, 0.29) is 17.9 Å². The molecule has 7 N–H and O–H groups in total. The number of hydrogen-bond donors (Lipinski definition) is 6. The molecule has 1 saturated heterocycles. The molecule has 0 spiro atoms. The minimum Gasteiger partial charge on any atom is -0.478 e. The predicted octanol–water partition coefficient (Wildman–Crippen LogP) is 1.09. The molecular weight excluding hydrogens is 451 g/mol. The molecule has 1 aromatic heterocycles. The number of nitrogens with one attached hydrogen (secondary N) is 2.